The van der Waals surface area contributed by atoms with Gasteiger partial charge in [-0.1, -0.05) is 17.8 Å². The first-order chi connectivity index (χ1) is 16.7. The predicted molar refractivity (Wildman–Crippen MR) is 124 cm³/mol. The summed E-state index contributed by atoms with van der Waals surface area (Å²) < 4.78 is 6.27. The van der Waals surface area contributed by atoms with Gasteiger partial charge in [-0.3, -0.25) is 9.69 Å². The molecule has 3 unspecified atom stereocenters. The molecule has 1 amide bonds. The number of carboxylic acid groups (broad SMARTS) is 2. The molecule has 4 aliphatic rings. The van der Waals surface area contributed by atoms with Crippen LogP contribution in [0.1, 0.15) is 55.5 Å². The van der Waals surface area contributed by atoms with E-state index in [0.29, 0.717) is 11.8 Å². The number of amides is 1. The molecule has 3 atom stereocenters. The largest absolute Gasteiger partial charge is 0.479 e. The topological polar surface area (TPSA) is 161 Å². The lowest BCUT2D eigenvalue weighted by Crippen LogP contribution is -2.48. The first kappa shape index (κ1) is 25.8. The monoisotopic (exact) mass is 511 g/mol. The van der Waals surface area contributed by atoms with E-state index in [1.807, 2.05) is 4.90 Å². The average molecular weight is 512 g/mol. The molecule has 5 rings (SSSR count). The summed E-state index contributed by atoms with van der Waals surface area (Å²) in [5.74, 6) is -2.88. The van der Waals surface area contributed by atoms with Crippen LogP contribution in [0.2, 0.25) is 0 Å². The number of thiazole rings is 1. The summed E-state index contributed by atoms with van der Waals surface area (Å²) >= 11 is 1.67. The first-order valence-electron chi connectivity index (χ1n) is 12.2. The van der Waals surface area contributed by atoms with Crippen LogP contribution in [-0.2, 0) is 27.3 Å². The summed E-state index contributed by atoms with van der Waals surface area (Å²) in [6, 6.07) is 0.804. The Morgan fingerprint density at radius 2 is 1.66 bits per heavy atom. The number of fused-ring (bicyclic) bond motifs is 1. The smallest absolute Gasteiger partial charge is 0.335 e. The van der Waals surface area contributed by atoms with Crippen molar-refractivity contribution in [2.75, 3.05) is 19.6 Å². The Hall–Kier alpha value is -2.28. The number of ether oxygens (including phenoxy) is 1. The number of aliphatic carboxylic acids is 2. The van der Waals surface area contributed by atoms with Gasteiger partial charge in [0.05, 0.1) is 17.1 Å². The van der Waals surface area contributed by atoms with Gasteiger partial charge in [-0.2, -0.15) is 0 Å². The van der Waals surface area contributed by atoms with E-state index in [0.717, 1.165) is 62.2 Å². The lowest BCUT2D eigenvalue weighted by atomic mass is 9.90. The maximum atomic E-state index is 12.3. The second-order valence-electron chi connectivity index (χ2n) is 9.66. The molecule has 35 heavy (non-hydrogen) atoms. The van der Waals surface area contributed by atoms with Crippen LogP contribution in [0.25, 0.3) is 0 Å². The third-order valence-corrected chi connectivity index (χ3v) is 8.00. The highest BCUT2D eigenvalue weighted by Gasteiger charge is 2.36. The minimum atomic E-state index is -2.27. The van der Waals surface area contributed by atoms with Gasteiger partial charge >= 0.3 is 11.9 Å². The van der Waals surface area contributed by atoms with E-state index in [1.54, 1.807) is 11.3 Å². The number of likely N-dealkylation sites (tertiary alicyclic amines) is 1. The molecule has 1 aromatic heterocycles. The summed E-state index contributed by atoms with van der Waals surface area (Å²) in [5, 5.41) is 33.4. The van der Waals surface area contributed by atoms with Gasteiger partial charge < -0.3 is 30.1 Å². The highest BCUT2D eigenvalue weighted by Crippen LogP contribution is 2.36. The number of hydrogen-bond acceptors (Lipinski definition) is 9. The Balaban J connectivity index is 0.000000248. The second kappa shape index (κ2) is 11.2. The molecule has 2 aliphatic carbocycles. The van der Waals surface area contributed by atoms with Gasteiger partial charge in [0.25, 0.3) is 5.19 Å². The molecule has 0 aromatic carbocycles. The number of carbonyl (C=O) groups is 3. The molecule has 1 saturated heterocycles. The van der Waals surface area contributed by atoms with Gasteiger partial charge in [0.1, 0.15) is 6.10 Å². The minimum Gasteiger partial charge on any atom is -0.479 e. The normalized spacial score (nSPS) is 24.3. The molecule has 0 radical (unpaired) electrons. The van der Waals surface area contributed by atoms with E-state index in [4.69, 9.17) is 30.1 Å². The Bertz CT molecular complexity index is 914. The molecule has 4 N–H and O–H groups in total. The quantitative estimate of drug-likeness (QED) is 0.410. The van der Waals surface area contributed by atoms with Crippen LogP contribution in [0.4, 0.5) is 0 Å². The van der Waals surface area contributed by atoms with E-state index in [9.17, 15) is 14.4 Å². The number of aromatic nitrogens is 1. The maximum Gasteiger partial charge on any atom is 0.335 e. The molecular weight excluding hydrogens is 478 g/mol. The van der Waals surface area contributed by atoms with E-state index in [2.05, 4.69) is 4.90 Å². The second-order valence-corrected chi connectivity index (χ2v) is 10.7. The molecule has 11 nitrogen and oxygen atoms in total. The van der Waals surface area contributed by atoms with Gasteiger partial charge in [-0.25, -0.2) is 14.6 Å². The maximum absolute atomic E-state index is 12.3. The highest BCUT2D eigenvalue weighted by atomic mass is 32.1. The molecule has 3 fully saturated rings. The van der Waals surface area contributed by atoms with Gasteiger partial charge in [0, 0.05) is 31.5 Å². The summed E-state index contributed by atoms with van der Waals surface area (Å²) in [6.45, 7) is 3.85. The number of carbonyl (C=O) groups excluding carboxylic acids is 1. The van der Waals surface area contributed by atoms with E-state index < -0.39 is 24.1 Å². The lowest BCUT2D eigenvalue weighted by Gasteiger charge is -2.42. The van der Waals surface area contributed by atoms with Crippen molar-refractivity contribution in [1.29, 1.82) is 0 Å². The molecule has 1 aromatic rings. The van der Waals surface area contributed by atoms with Gasteiger partial charge in [-0.15, -0.1) is 0 Å². The van der Waals surface area contributed by atoms with Crippen molar-refractivity contribution in [3.8, 4) is 5.19 Å². The number of nitrogens with zero attached hydrogens (tertiary/aromatic N) is 3. The number of hydrogen-bond donors (Lipinski definition) is 4. The predicted octanol–water partition coefficient (Wildman–Crippen LogP) is 0.711. The Morgan fingerprint density at radius 1 is 0.971 bits per heavy atom. The standard InChI is InChI=1S/C19H27N3O2S.C4H6O6/c23-18(13-6-7-13)22-10-8-16-17(12-22)25-19(20-16)24-15-5-2-9-21(11-15)14-3-1-4-14;5-1(3(7)8)2(6)4(9)10/h13-15H,1-12H2;1-2,5-6H,(H,7,8)(H,9,10). The van der Waals surface area contributed by atoms with E-state index in [1.165, 1.54) is 37.1 Å². The van der Waals surface area contributed by atoms with Crippen molar-refractivity contribution < 1.29 is 39.5 Å². The molecule has 3 heterocycles. The van der Waals surface area contributed by atoms with Crippen LogP contribution in [0, 0.1) is 5.92 Å². The number of aliphatic hydroxyl groups is 2. The Kier molecular flexibility index (Phi) is 8.25. The van der Waals surface area contributed by atoms with Crippen molar-refractivity contribution in [3.05, 3.63) is 10.6 Å². The fraction of sp³-hybridized carbons (Fsp3) is 0.739. The van der Waals surface area contributed by atoms with Gasteiger partial charge in [0.15, 0.2) is 12.2 Å². The molecule has 0 spiro atoms. The third-order valence-electron chi connectivity index (χ3n) is 7.02. The van der Waals surface area contributed by atoms with Gasteiger partial charge in [0.2, 0.25) is 5.91 Å². The number of aliphatic hydroxyl groups excluding tert-OH is 2. The summed E-state index contributed by atoms with van der Waals surface area (Å²) in [4.78, 5) is 42.5. The Labute approximate surface area is 207 Å². The molecule has 12 heteroatoms. The minimum absolute atomic E-state index is 0.283. The Morgan fingerprint density at radius 3 is 2.23 bits per heavy atom. The van der Waals surface area contributed by atoms with Gasteiger partial charge in [-0.05, 0) is 45.1 Å². The zero-order valence-corrected chi connectivity index (χ0v) is 20.4. The van der Waals surface area contributed by atoms with Crippen LogP contribution >= 0.6 is 11.3 Å². The van der Waals surface area contributed by atoms with E-state index in [-0.39, 0.29) is 6.10 Å². The van der Waals surface area contributed by atoms with Crippen molar-refractivity contribution in [1.82, 2.24) is 14.8 Å². The molecule has 2 saturated carbocycles. The molecule has 0 bridgehead atoms. The zero-order valence-electron chi connectivity index (χ0n) is 19.5. The van der Waals surface area contributed by atoms with Crippen molar-refractivity contribution >= 4 is 29.2 Å². The number of carboxylic acids is 2. The summed E-state index contributed by atoms with van der Waals surface area (Å²) in [5.41, 5.74) is 1.16. The first-order valence-corrected chi connectivity index (χ1v) is 13.0. The highest BCUT2D eigenvalue weighted by molar-refractivity contribution is 7.13. The summed E-state index contributed by atoms with van der Waals surface area (Å²) in [6.07, 6.45) is 5.29. The van der Waals surface area contributed by atoms with Crippen molar-refractivity contribution in [3.63, 3.8) is 0 Å². The van der Waals surface area contributed by atoms with Crippen LogP contribution in [0.5, 0.6) is 5.19 Å². The zero-order chi connectivity index (χ0) is 25.1. The van der Waals surface area contributed by atoms with Crippen LogP contribution < -0.4 is 4.74 Å². The average Bonchev–Trinajstić information content (AvgIpc) is 3.56. The summed E-state index contributed by atoms with van der Waals surface area (Å²) in [7, 11) is 0. The van der Waals surface area contributed by atoms with Crippen molar-refractivity contribution in [2.24, 2.45) is 5.92 Å². The van der Waals surface area contributed by atoms with Crippen molar-refractivity contribution in [2.45, 2.75) is 82.3 Å². The van der Waals surface area contributed by atoms with E-state index >= 15 is 0 Å². The van der Waals surface area contributed by atoms with Crippen LogP contribution in [0.3, 0.4) is 0 Å². The SMILES string of the molecule is O=C(C1CC1)N1CCc2nc(OC3CCCN(C4CCC4)C3)sc2C1.O=C(O)C(O)C(O)C(=O)O. The molecular formula is C23H33N3O8S. The molecule has 194 valence electrons. The number of rotatable bonds is 7. The van der Waals surface area contributed by atoms with Crippen LogP contribution in [0.15, 0.2) is 0 Å². The lowest BCUT2D eigenvalue weighted by molar-refractivity contribution is -0.165. The molecule has 2 aliphatic heterocycles. The fourth-order valence-corrected chi connectivity index (χ4v) is 5.59. The fourth-order valence-electron chi connectivity index (χ4n) is 4.56. The third kappa shape index (κ3) is 6.49. The van der Waals surface area contributed by atoms with Crippen LogP contribution in [-0.4, -0.2) is 97.0 Å². The number of piperidine rings is 1.